The van der Waals surface area contributed by atoms with Gasteiger partial charge in [0.15, 0.2) is 12.2 Å². The Morgan fingerprint density at radius 1 is 0.781 bits per heavy atom. The van der Waals surface area contributed by atoms with Gasteiger partial charge < -0.3 is 8.94 Å². The average Bonchev–Trinajstić information content (AvgIpc) is 3.56. The molecule has 2 aliphatic rings. The van der Waals surface area contributed by atoms with Crippen molar-refractivity contribution in [1.29, 1.82) is 0 Å². The van der Waals surface area contributed by atoms with Crippen LogP contribution in [0, 0.1) is 11.8 Å². The number of nitrogens with zero attached hydrogens (tertiary/aromatic N) is 6. The molecular weight excluding hydrogens is 404 g/mol. The third-order valence-electron chi connectivity index (χ3n) is 4.23. The standard InChI is InChI=1S/C7H11N.C6H10N2.C6H9NO.C5H8N2O/c1-6(2)7-4-3-5-8-7;1-5(2)6-3-7-4-8-6;1-5(2)6-7-3-4-8-6;1-4(2)5-6-3-7-8-5/h3-4,6H,5H2,1-2H3;3,5H,4H2,1-2H3;3-5H,1-2H3;3-4H,1-2H3. The van der Waals surface area contributed by atoms with Gasteiger partial charge in [-0.1, -0.05) is 66.6 Å². The molecule has 0 radical (unpaired) electrons. The first kappa shape index (κ1) is 27.1. The Hall–Kier alpha value is -2.90. The average molecular weight is 443 g/mol. The van der Waals surface area contributed by atoms with Crippen LogP contribution in [0.1, 0.15) is 79.0 Å². The predicted molar refractivity (Wildman–Crippen MR) is 131 cm³/mol. The summed E-state index contributed by atoms with van der Waals surface area (Å²) in [6, 6.07) is 0. The summed E-state index contributed by atoms with van der Waals surface area (Å²) >= 11 is 0. The molecule has 0 atom stereocenters. The lowest BCUT2D eigenvalue weighted by molar-refractivity contribution is 0.364. The summed E-state index contributed by atoms with van der Waals surface area (Å²) in [5.41, 5.74) is 2.37. The van der Waals surface area contributed by atoms with E-state index in [4.69, 9.17) is 8.94 Å². The second-order valence-corrected chi connectivity index (χ2v) is 8.47. The SMILES string of the molecule is CC(C)C1=NCC=C1.CC(C)C1=NCN=C1.CC(C)c1ncco1.CC(C)c1ncno1. The molecule has 8 heteroatoms. The molecular formula is C24H38N6O2. The molecule has 0 spiro atoms. The van der Waals surface area contributed by atoms with Gasteiger partial charge in [-0.25, -0.2) is 4.98 Å². The van der Waals surface area contributed by atoms with Gasteiger partial charge in [0.05, 0.1) is 18.5 Å². The summed E-state index contributed by atoms with van der Waals surface area (Å²) in [4.78, 5) is 20.1. The number of aromatic nitrogens is 3. The molecule has 0 amide bonds. The molecule has 0 fully saturated rings. The lowest BCUT2D eigenvalue weighted by atomic mass is 10.1. The minimum atomic E-state index is 0.345. The highest BCUT2D eigenvalue weighted by atomic mass is 16.5. The first-order chi connectivity index (χ1) is 15.2. The topological polar surface area (TPSA) is 102 Å². The lowest BCUT2D eigenvalue weighted by Crippen LogP contribution is -2.05. The zero-order valence-electron chi connectivity index (χ0n) is 20.7. The van der Waals surface area contributed by atoms with Crippen LogP contribution < -0.4 is 0 Å². The predicted octanol–water partition coefficient (Wildman–Crippen LogP) is 5.77. The molecule has 32 heavy (non-hydrogen) atoms. The van der Waals surface area contributed by atoms with E-state index in [1.165, 1.54) is 12.0 Å². The van der Waals surface area contributed by atoms with Crippen LogP contribution in [0.2, 0.25) is 0 Å². The van der Waals surface area contributed by atoms with Crippen LogP contribution in [0.15, 0.2) is 54.9 Å². The van der Waals surface area contributed by atoms with Gasteiger partial charge in [0.2, 0.25) is 5.89 Å². The fraction of sp³-hybridized carbons (Fsp3) is 0.583. The van der Waals surface area contributed by atoms with Crippen molar-refractivity contribution in [3.63, 3.8) is 0 Å². The molecule has 0 saturated carbocycles. The van der Waals surface area contributed by atoms with E-state index in [2.05, 4.69) is 69.9 Å². The molecule has 2 aromatic heterocycles. The van der Waals surface area contributed by atoms with Gasteiger partial charge in [-0.15, -0.1) is 0 Å². The molecule has 2 aliphatic heterocycles. The van der Waals surface area contributed by atoms with Crippen molar-refractivity contribution in [3.05, 3.63) is 42.7 Å². The highest BCUT2D eigenvalue weighted by molar-refractivity contribution is 6.32. The molecule has 0 bridgehead atoms. The Bertz CT molecular complexity index is 773. The fourth-order valence-corrected chi connectivity index (χ4v) is 2.34. The van der Waals surface area contributed by atoms with E-state index in [0.29, 0.717) is 36.2 Å². The normalized spacial score (nSPS) is 14.0. The second kappa shape index (κ2) is 15.0. The van der Waals surface area contributed by atoms with Gasteiger partial charge in [-0.3, -0.25) is 15.0 Å². The van der Waals surface area contributed by atoms with E-state index < -0.39 is 0 Å². The zero-order valence-corrected chi connectivity index (χ0v) is 20.7. The van der Waals surface area contributed by atoms with Gasteiger partial charge in [-0.05, 0) is 17.9 Å². The van der Waals surface area contributed by atoms with Crippen LogP contribution in [0.25, 0.3) is 0 Å². The Morgan fingerprint density at radius 2 is 1.47 bits per heavy atom. The summed E-state index contributed by atoms with van der Waals surface area (Å²) in [5.74, 6) is 3.41. The number of oxazole rings is 1. The third kappa shape index (κ3) is 10.9. The van der Waals surface area contributed by atoms with E-state index in [1.807, 2.05) is 33.9 Å². The maximum absolute atomic E-state index is 4.98. The summed E-state index contributed by atoms with van der Waals surface area (Å²) < 4.78 is 9.72. The van der Waals surface area contributed by atoms with E-state index in [0.717, 1.165) is 18.1 Å². The summed E-state index contributed by atoms with van der Waals surface area (Å²) in [7, 11) is 0. The number of rotatable bonds is 4. The van der Waals surface area contributed by atoms with Gasteiger partial charge in [-0.2, -0.15) is 4.98 Å². The highest BCUT2D eigenvalue weighted by Gasteiger charge is 2.04. The van der Waals surface area contributed by atoms with Crippen LogP contribution in [-0.2, 0) is 0 Å². The van der Waals surface area contributed by atoms with Gasteiger partial charge in [0.1, 0.15) is 12.9 Å². The molecule has 4 rings (SSSR count). The van der Waals surface area contributed by atoms with E-state index >= 15 is 0 Å². The Morgan fingerprint density at radius 3 is 1.72 bits per heavy atom. The first-order valence-corrected chi connectivity index (χ1v) is 11.1. The molecule has 0 aliphatic carbocycles. The van der Waals surface area contributed by atoms with Gasteiger partial charge >= 0.3 is 0 Å². The molecule has 0 unspecified atom stereocenters. The maximum atomic E-state index is 4.98. The Kier molecular flexibility index (Phi) is 12.7. The number of hydrogen-bond donors (Lipinski definition) is 0. The van der Waals surface area contributed by atoms with Crippen LogP contribution in [-0.4, -0.2) is 46.0 Å². The lowest BCUT2D eigenvalue weighted by Gasteiger charge is -1.98. The minimum absolute atomic E-state index is 0.345. The van der Waals surface area contributed by atoms with Crippen molar-refractivity contribution in [2.45, 2.75) is 67.2 Å². The van der Waals surface area contributed by atoms with Crippen LogP contribution in [0.3, 0.4) is 0 Å². The third-order valence-corrected chi connectivity index (χ3v) is 4.23. The van der Waals surface area contributed by atoms with Crippen molar-refractivity contribution in [2.24, 2.45) is 26.8 Å². The van der Waals surface area contributed by atoms with E-state index in [9.17, 15) is 0 Å². The molecule has 176 valence electrons. The fourth-order valence-electron chi connectivity index (χ4n) is 2.34. The van der Waals surface area contributed by atoms with Crippen molar-refractivity contribution in [1.82, 2.24) is 15.1 Å². The zero-order chi connectivity index (χ0) is 23.9. The number of hydrogen-bond acceptors (Lipinski definition) is 8. The summed E-state index contributed by atoms with van der Waals surface area (Å²) in [5, 5.41) is 3.46. The quantitative estimate of drug-likeness (QED) is 0.598. The smallest absolute Gasteiger partial charge is 0.228 e. The van der Waals surface area contributed by atoms with E-state index in [-0.39, 0.29) is 0 Å². The number of aliphatic imine (C=N–C) groups is 3. The van der Waals surface area contributed by atoms with Gasteiger partial charge in [0, 0.05) is 23.8 Å². The molecule has 2 aromatic rings. The monoisotopic (exact) mass is 442 g/mol. The molecule has 8 nitrogen and oxygen atoms in total. The largest absolute Gasteiger partial charge is 0.449 e. The molecule has 0 N–H and O–H groups in total. The van der Waals surface area contributed by atoms with Crippen molar-refractivity contribution < 1.29 is 8.94 Å². The Balaban J connectivity index is 0.000000213. The van der Waals surface area contributed by atoms with Crippen LogP contribution >= 0.6 is 0 Å². The summed E-state index contributed by atoms with van der Waals surface area (Å²) in [6.45, 7) is 18.2. The molecule has 4 heterocycles. The number of allylic oxidation sites excluding steroid dienone is 1. The first-order valence-electron chi connectivity index (χ1n) is 11.1. The Labute approximate surface area is 192 Å². The van der Waals surface area contributed by atoms with Crippen molar-refractivity contribution >= 4 is 17.6 Å². The highest BCUT2D eigenvalue weighted by Crippen LogP contribution is 2.09. The van der Waals surface area contributed by atoms with Crippen LogP contribution in [0.5, 0.6) is 0 Å². The minimum Gasteiger partial charge on any atom is -0.449 e. The molecule has 0 aromatic carbocycles. The second-order valence-electron chi connectivity index (χ2n) is 8.47. The van der Waals surface area contributed by atoms with Crippen molar-refractivity contribution in [3.8, 4) is 0 Å². The summed E-state index contributed by atoms with van der Waals surface area (Å²) in [6.07, 6.45) is 10.7. The van der Waals surface area contributed by atoms with Crippen LogP contribution in [0.4, 0.5) is 0 Å². The molecule has 0 saturated heterocycles. The van der Waals surface area contributed by atoms with E-state index in [1.54, 1.807) is 12.5 Å². The maximum Gasteiger partial charge on any atom is 0.228 e. The van der Waals surface area contributed by atoms with Gasteiger partial charge in [0.25, 0.3) is 0 Å². The van der Waals surface area contributed by atoms with Crippen molar-refractivity contribution in [2.75, 3.05) is 13.2 Å².